The summed E-state index contributed by atoms with van der Waals surface area (Å²) in [6.45, 7) is 0.403. The Kier molecular flexibility index (Phi) is 4.40. The van der Waals surface area contributed by atoms with Crippen molar-refractivity contribution in [2.24, 2.45) is 5.73 Å². The van der Waals surface area contributed by atoms with Crippen molar-refractivity contribution in [1.82, 2.24) is 4.57 Å². The molecule has 1 radical (unpaired) electrons. The second kappa shape index (κ2) is 6.65. The minimum atomic E-state index is -3.31. The molecule has 4 rings (SSSR count). The van der Waals surface area contributed by atoms with E-state index in [-0.39, 0.29) is 4.90 Å². The van der Waals surface area contributed by atoms with Crippen molar-refractivity contribution in [3.63, 3.8) is 0 Å². The maximum atomic E-state index is 12.0. The summed E-state index contributed by atoms with van der Waals surface area (Å²) >= 11 is 6.19. The van der Waals surface area contributed by atoms with Crippen LogP contribution in [-0.2, 0) is 16.4 Å². The Morgan fingerprint density at radius 3 is 2.61 bits per heavy atom. The summed E-state index contributed by atoms with van der Waals surface area (Å²) in [5.74, 6) is -0.521. The van der Waals surface area contributed by atoms with Crippen molar-refractivity contribution in [3.05, 3.63) is 76.8 Å². The van der Waals surface area contributed by atoms with Gasteiger partial charge in [0.05, 0.1) is 15.9 Å². The van der Waals surface area contributed by atoms with E-state index in [9.17, 15) is 13.2 Å². The molecule has 0 atom stereocenters. The molecule has 0 aliphatic heterocycles. The number of benzene rings is 3. The summed E-state index contributed by atoms with van der Waals surface area (Å²) < 4.78 is 25.8. The van der Waals surface area contributed by atoms with E-state index in [1.165, 1.54) is 6.26 Å². The molecule has 141 valence electrons. The topological polar surface area (TPSA) is 82.2 Å². The quantitative estimate of drug-likeness (QED) is 0.554. The zero-order valence-electron chi connectivity index (χ0n) is 14.9. The van der Waals surface area contributed by atoms with Crippen molar-refractivity contribution in [2.45, 2.75) is 11.4 Å². The summed E-state index contributed by atoms with van der Waals surface area (Å²) in [4.78, 5) is 12.2. The fourth-order valence-electron chi connectivity index (χ4n) is 3.46. The lowest BCUT2D eigenvalue weighted by atomic mass is 10.1. The highest BCUT2D eigenvalue weighted by molar-refractivity contribution is 7.90. The van der Waals surface area contributed by atoms with Crippen molar-refractivity contribution in [1.29, 1.82) is 0 Å². The van der Waals surface area contributed by atoms with E-state index in [1.54, 1.807) is 42.5 Å². The first-order chi connectivity index (χ1) is 13.3. The van der Waals surface area contributed by atoms with Crippen LogP contribution < -0.4 is 5.73 Å². The molecular formula is C21H16ClN2O3S. The van der Waals surface area contributed by atoms with Gasteiger partial charge in [0.15, 0.2) is 9.84 Å². The van der Waals surface area contributed by atoms with Crippen LogP contribution in [0.15, 0.2) is 59.5 Å². The molecule has 4 aromatic rings. The smallest absolute Gasteiger partial charge is 0.249 e. The molecule has 1 amide bonds. The number of rotatable bonds is 4. The number of aromatic nitrogens is 1. The molecule has 0 spiro atoms. The molecule has 1 heterocycles. The van der Waals surface area contributed by atoms with Gasteiger partial charge in [-0.1, -0.05) is 29.8 Å². The van der Waals surface area contributed by atoms with Crippen LogP contribution in [0.5, 0.6) is 0 Å². The van der Waals surface area contributed by atoms with Gasteiger partial charge in [0.2, 0.25) is 5.91 Å². The highest BCUT2D eigenvalue weighted by atomic mass is 35.5. The summed E-state index contributed by atoms with van der Waals surface area (Å²) in [7, 11) is -3.31. The number of amides is 1. The van der Waals surface area contributed by atoms with E-state index in [4.69, 9.17) is 17.3 Å². The average Bonchev–Trinajstić information content (AvgIpc) is 2.94. The molecule has 0 saturated heterocycles. The number of nitrogens with zero attached hydrogens (tertiary/aromatic N) is 1. The van der Waals surface area contributed by atoms with Gasteiger partial charge in [0, 0.05) is 34.2 Å². The van der Waals surface area contributed by atoms with Gasteiger partial charge in [0.25, 0.3) is 0 Å². The van der Waals surface area contributed by atoms with Gasteiger partial charge in [-0.05, 0) is 48.0 Å². The number of primary amides is 1. The van der Waals surface area contributed by atoms with E-state index < -0.39 is 15.7 Å². The number of hydrogen-bond donors (Lipinski definition) is 1. The van der Waals surface area contributed by atoms with E-state index in [0.29, 0.717) is 22.5 Å². The molecule has 0 fully saturated rings. The first-order valence-corrected chi connectivity index (χ1v) is 10.7. The van der Waals surface area contributed by atoms with Crippen LogP contribution in [0.2, 0.25) is 5.02 Å². The van der Waals surface area contributed by atoms with Gasteiger partial charge in [-0.3, -0.25) is 4.79 Å². The van der Waals surface area contributed by atoms with Crippen molar-refractivity contribution < 1.29 is 13.2 Å². The molecule has 7 heteroatoms. The predicted octanol–water partition coefficient (Wildman–Crippen LogP) is 3.80. The maximum Gasteiger partial charge on any atom is 0.249 e. The molecule has 0 aliphatic carbocycles. The van der Waals surface area contributed by atoms with E-state index >= 15 is 0 Å². The van der Waals surface area contributed by atoms with Crippen LogP contribution in [0.1, 0.15) is 15.9 Å². The Balaban J connectivity index is 2.00. The highest BCUT2D eigenvalue weighted by Gasteiger charge is 2.17. The second-order valence-corrected chi connectivity index (χ2v) is 9.10. The van der Waals surface area contributed by atoms with Crippen LogP contribution in [0.4, 0.5) is 0 Å². The van der Waals surface area contributed by atoms with Crippen molar-refractivity contribution in [3.8, 4) is 0 Å². The zero-order valence-corrected chi connectivity index (χ0v) is 16.5. The summed E-state index contributed by atoms with van der Waals surface area (Å²) in [5, 5.41) is 1.97. The fraction of sp³-hybridized carbons (Fsp3) is 0.0952. The number of fused-ring (bicyclic) bond motifs is 3. The van der Waals surface area contributed by atoms with Gasteiger partial charge in [-0.2, -0.15) is 0 Å². The van der Waals surface area contributed by atoms with E-state index in [2.05, 4.69) is 6.07 Å². The molecule has 0 bridgehead atoms. The lowest BCUT2D eigenvalue weighted by Gasteiger charge is -2.09. The van der Waals surface area contributed by atoms with Crippen molar-refractivity contribution >= 4 is 49.2 Å². The summed E-state index contributed by atoms with van der Waals surface area (Å²) in [5.41, 5.74) is 8.39. The predicted molar refractivity (Wildman–Crippen MR) is 110 cm³/mol. The third-order valence-electron chi connectivity index (χ3n) is 4.69. The largest absolute Gasteiger partial charge is 0.366 e. The zero-order chi connectivity index (χ0) is 20.1. The molecule has 1 aromatic heterocycles. The van der Waals surface area contributed by atoms with Crippen LogP contribution in [0.25, 0.3) is 21.8 Å². The second-order valence-electron chi connectivity index (χ2n) is 6.65. The van der Waals surface area contributed by atoms with E-state index in [0.717, 1.165) is 22.0 Å². The Labute approximate surface area is 167 Å². The lowest BCUT2D eigenvalue weighted by Crippen LogP contribution is -2.11. The van der Waals surface area contributed by atoms with Crippen LogP contribution >= 0.6 is 11.6 Å². The van der Waals surface area contributed by atoms with E-state index in [1.807, 2.05) is 16.7 Å². The number of sulfone groups is 1. The standard InChI is InChI=1S/C21H16ClN2O3S/c1-28(26,27)15-5-2-4-13(10-15)12-24-18-7-3-6-17(21(23)25)20(18)16-9-8-14(22)11-19(16)24/h2-8,10-11H,12H2,1H3,(H2,23,25). The summed E-state index contributed by atoms with van der Waals surface area (Å²) in [6.07, 6.45) is 1.18. The number of carbonyl (C=O) groups excluding carboxylic acids is 1. The molecule has 28 heavy (non-hydrogen) atoms. The molecule has 0 unspecified atom stereocenters. The minimum Gasteiger partial charge on any atom is -0.366 e. The van der Waals surface area contributed by atoms with Crippen LogP contribution in [-0.4, -0.2) is 25.1 Å². The Morgan fingerprint density at radius 2 is 1.89 bits per heavy atom. The van der Waals surface area contributed by atoms with Gasteiger partial charge < -0.3 is 10.3 Å². The third kappa shape index (κ3) is 3.15. The summed E-state index contributed by atoms with van der Waals surface area (Å²) in [6, 6.07) is 18.7. The average molecular weight is 412 g/mol. The molecule has 0 aliphatic rings. The number of nitrogens with two attached hydrogens (primary N) is 1. The minimum absolute atomic E-state index is 0.258. The first kappa shape index (κ1) is 18.5. The van der Waals surface area contributed by atoms with Gasteiger partial charge >= 0.3 is 0 Å². The monoisotopic (exact) mass is 411 g/mol. The maximum absolute atomic E-state index is 12.0. The van der Waals surface area contributed by atoms with Crippen LogP contribution in [0, 0.1) is 6.07 Å². The molecule has 5 nitrogen and oxygen atoms in total. The number of hydrogen-bond acceptors (Lipinski definition) is 3. The molecular weight excluding hydrogens is 396 g/mol. The first-order valence-electron chi connectivity index (χ1n) is 8.46. The molecule has 0 saturated carbocycles. The lowest BCUT2D eigenvalue weighted by molar-refractivity contribution is 0.100. The number of halogens is 1. The Bertz CT molecular complexity index is 1360. The van der Waals surface area contributed by atoms with Gasteiger partial charge in [-0.25, -0.2) is 8.42 Å². The fourth-order valence-corrected chi connectivity index (χ4v) is 4.31. The third-order valence-corrected chi connectivity index (χ3v) is 6.02. The highest BCUT2D eigenvalue weighted by Crippen LogP contribution is 2.33. The molecule has 3 aromatic carbocycles. The van der Waals surface area contributed by atoms with Gasteiger partial charge in [-0.15, -0.1) is 0 Å². The SMILES string of the molecule is CS(=O)(=O)c1cccc(Cn2c3cc(Cl)c[c]c3c3c(C(N)=O)cccc32)c1. The Morgan fingerprint density at radius 1 is 1.14 bits per heavy atom. The Hall–Kier alpha value is -2.83. The van der Waals surface area contributed by atoms with Crippen LogP contribution in [0.3, 0.4) is 0 Å². The number of carbonyl (C=O) groups is 1. The molecule has 2 N–H and O–H groups in total. The normalized spacial score (nSPS) is 11.9. The van der Waals surface area contributed by atoms with Gasteiger partial charge in [0.1, 0.15) is 0 Å². The van der Waals surface area contributed by atoms with Crippen molar-refractivity contribution in [2.75, 3.05) is 6.26 Å².